The van der Waals surface area contributed by atoms with E-state index >= 15 is 0 Å². The summed E-state index contributed by atoms with van der Waals surface area (Å²) in [5.41, 5.74) is 3.30. The number of nitrogens with one attached hydrogen (secondary N) is 1. The summed E-state index contributed by atoms with van der Waals surface area (Å²) < 4.78 is 0. The highest BCUT2D eigenvalue weighted by molar-refractivity contribution is 5.48. The van der Waals surface area contributed by atoms with Crippen molar-refractivity contribution in [1.82, 2.24) is 25.3 Å². The van der Waals surface area contributed by atoms with Crippen molar-refractivity contribution in [3.8, 4) is 11.5 Å². The predicted octanol–water partition coefficient (Wildman–Crippen LogP) is 2.17. The van der Waals surface area contributed by atoms with E-state index in [-0.39, 0.29) is 5.41 Å². The second-order valence-corrected chi connectivity index (χ2v) is 6.07. The van der Waals surface area contributed by atoms with Gasteiger partial charge in [-0.1, -0.05) is 13.8 Å². The molecular weight excluding hydrogens is 250 g/mol. The van der Waals surface area contributed by atoms with Gasteiger partial charge in [0.15, 0.2) is 5.82 Å². The first-order valence-corrected chi connectivity index (χ1v) is 6.88. The lowest BCUT2D eigenvalue weighted by Gasteiger charge is -2.36. The molecule has 2 aromatic heterocycles. The molecule has 1 aliphatic carbocycles. The zero-order chi connectivity index (χ0) is 14.2. The fraction of sp³-hybridized carbons (Fsp3) is 0.467. The zero-order valence-electron chi connectivity index (χ0n) is 12.1. The van der Waals surface area contributed by atoms with Gasteiger partial charge in [0.05, 0.1) is 6.20 Å². The molecule has 0 radical (unpaired) electrons. The van der Waals surface area contributed by atoms with Gasteiger partial charge in [-0.15, -0.1) is 0 Å². The molecule has 0 fully saturated rings. The van der Waals surface area contributed by atoms with E-state index in [9.17, 15) is 0 Å². The molecule has 0 saturated carbocycles. The SMILES string of the molecule is CNC1CC(C)(C)Cc2nc(-c3cnccn3)ncc21. The Hall–Kier alpha value is -1.88. The van der Waals surface area contributed by atoms with Crippen molar-refractivity contribution in [1.29, 1.82) is 0 Å². The Labute approximate surface area is 118 Å². The summed E-state index contributed by atoms with van der Waals surface area (Å²) in [6.45, 7) is 4.56. The van der Waals surface area contributed by atoms with Gasteiger partial charge in [0, 0.05) is 35.9 Å². The van der Waals surface area contributed by atoms with Gasteiger partial charge >= 0.3 is 0 Å². The molecule has 1 atom stereocenters. The van der Waals surface area contributed by atoms with E-state index in [1.54, 1.807) is 18.6 Å². The maximum atomic E-state index is 4.72. The molecule has 1 unspecified atom stereocenters. The summed E-state index contributed by atoms with van der Waals surface area (Å²) >= 11 is 0. The molecule has 0 amide bonds. The summed E-state index contributed by atoms with van der Waals surface area (Å²) in [6.07, 6.45) is 9.02. The van der Waals surface area contributed by atoms with Crippen molar-refractivity contribution in [3.63, 3.8) is 0 Å². The van der Waals surface area contributed by atoms with E-state index in [4.69, 9.17) is 4.98 Å². The molecule has 20 heavy (non-hydrogen) atoms. The number of hydrogen-bond donors (Lipinski definition) is 1. The molecule has 0 saturated heterocycles. The van der Waals surface area contributed by atoms with Gasteiger partial charge in [-0.25, -0.2) is 15.0 Å². The zero-order valence-corrected chi connectivity index (χ0v) is 12.1. The first-order chi connectivity index (χ1) is 9.59. The molecule has 3 rings (SSSR count). The molecule has 1 N–H and O–H groups in total. The average molecular weight is 269 g/mol. The molecule has 0 aliphatic heterocycles. The van der Waals surface area contributed by atoms with Crippen LogP contribution in [-0.4, -0.2) is 27.0 Å². The van der Waals surface area contributed by atoms with Crippen molar-refractivity contribution in [2.75, 3.05) is 7.05 Å². The van der Waals surface area contributed by atoms with Crippen LogP contribution in [0.25, 0.3) is 11.5 Å². The minimum atomic E-state index is 0.245. The number of nitrogens with zero attached hydrogens (tertiary/aromatic N) is 4. The Bertz CT molecular complexity index is 609. The smallest absolute Gasteiger partial charge is 0.179 e. The average Bonchev–Trinajstić information content (AvgIpc) is 2.45. The standard InChI is InChI=1S/C15H19N5/c1-15(2)6-11(16-3)10-8-19-14(20-12(10)7-15)13-9-17-4-5-18-13/h4-5,8-9,11,16H,6-7H2,1-3H3. The summed E-state index contributed by atoms with van der Waals surface area (Å²) in [6, 6.07) is 0.324. The van der Waals surface area contributed by atoms with E-state index in [0.29, 0.717) is 11.9 Å². The molecule has 0 spiro atoms. The molecule has 104 valence electrons. The first-order valence-electron chi connectivity index (χ1n) is 6.88. The summed E-state index contributed by atoms with van der Waals surface area (Å²) in [5, 5.41) is 3.37. The highest BCUT2D eigenvalue weighted by Gasteiger charge is 2.32. The van der Waals surface area contributed by atoms with Crippen LogP contribution in [0.1, 0.15) is 37.6 Å². The molecule has 0 bridgehead atoms. The third-order valence-electron chi connectivity index (χ3n) is 3.82. The highest BCUT2D eigenvalue weighted by atomic mass is 15.0. The van der Waals surface area contributed by atoms with Crippen LogP contribution in [0.4, 0.5) is 0 Å². The lowest BCUT2D eigenvalue weighted by atomic mass is 9.74. The monoisotopic (exact) mass is 269 g/mol. The topological polar surface area (TPSA) is 63.6 Å². The van der Waals surface area contributed by atoms with Crippen LogP contribution in [0.3, 0.4) is 0 Å². The minimum absolute atomic E-state index is 0.245. The predicted molar refractivity (Wildman–Crippen MR) is 77.0 cm³/mol. The van der Waals surface area contributed by atoms with Gasteiger partial charge in [0.1, 0.15) is 5.69 Å². The van der Waals surface area contributed by atoms with Crippen LogP contribution in [0, 0.1) is 5.41 Å². The molecule has 0 aromatic carbocycles. The molecule has 2 aromatic rings. The van der Waals surface area contributed by atoms with Crippen LogP contribution < -0.4 is 5.32 Å². The minimum Gasteiger partial charge on any atom is -0.313 e. The quantitative estimate of drug-likeness (QED) is 0.905. The number of hydrogen-bond acceptors (Lipinski definition) is 5. The molecule has 5 heteroatoms. The van der Waals surface area contributed by atoms with E-state index in [1.807, 2.05) is 13.2 Å². The van der Waals surface area contributed by atoms with Gasteiger partial charge < -0.3 is 5.32 Å². The second-order valence-electron chi connectivity index (χ2n) is 6.07. The normalized spacial score (nSPS) is 20.4. The third-order valence-corrected chi connectivity index (χ3v) is 3.82. The van der Waals surface area contributed by atoms with Crippen LogP contribution in [-0.2, 0) is 6.42 Å². The molecule has 1 aliphatic rings. The van der Waals surface area contributed by atoms with E-state index in [2.05, 4.69) is 34.1 Å². The summed E-state index contributed by atoms with van der Waals surface area (Å²) in [5.74, 6) is 0.657. The number of aromatic nitrogens is 4. The summed E-state index contributed by atoms with van der Waals surface area (Å²) in [4.78, 5) is 17.5. The Kier molecular flexibility index (Phi) is 3.22. The van der Waals surface area contributed by atoms with E-state index in [0.717, 1.165) is 24.2 Å². The number of fused-ring (bicyclic) bond motifs is 1. The fourth-order valence-corrected chi connectivity index (χ4v) is 2.84. The van der Waals surface area contributed by atoms with E-state index in [1.165, 1.54) is 5.56 Å². The number of rotatable bonds is 2. The fourth-order valence-electron chi connectivity index (χ4n) is 2.84. The van der Waals surface area contributed by atoms with Crippen molar-refractivity contribution in [2.45, 2.75) is 32.7 Å². The highest BCUT2D eigenvalue weighted by Crippen LogP contribution is 2.39. The maximum absolute atomic E-state index is 4.72. The molecule has 2 heterocycles. The van der Waals surface area contributed by atoms with Gasteiger partial charge in [-0.2, -0.15) is 0 Å². The van der Waals surface area contributed by atoms with Crippen LogP contribution in [0.5, 0.6) is 0 Å². The second kappa shape index (κ2) is 4.90. The summed E-state index contributed by atoms with van der Waals surface area (Å²) in [7, 11) is 1.99. The molecule has 5 nitrogen and oxygen atoms in total. The van der Waals surface area contributed by atoms with Gasteiger partial charge in [-0.3, -0.25) is 4.98 Å². The van der Waals surface area contributed by atoms with Gasteiger partial charge in [0.25, 0.3) is 0 Å². The van der Waals surface area contributed by atoms with Gasteiger partial charge in [0.2, 0.25) is 0 Å². The van der Waals surface area contributed by atoms with Crippen LogP contribution in [0.2, 0.25) is 0 Å². The van der Waals surface area contributed by atoms with E-state index < -0.39 is 0 Å². The Balaban J connectivity index is 2.04. The first kappa shape index (κ1) is 13.1. The van der Waals surface area contributed by atoms with Gasteiger partial charge in [-0.05, 0) is 25.3 Å². The Morgan fingerprint density at radius 3 is 2.75 bits per heavy atom. The lowest BCUT2D eigenvalue weighted by molar-refractivity contribution is 0.260. The van der Waals surface area contributed by atoms with Crippen molar-refractivity contribution in [3.05, 3.63) is 36.0 Å². The maximum Gasteiger partial charge on any atom is 0.179 e. The third kappa shape index (κ3) is 2.41. The Morgan fingerprint density at radius 1 is 1.20 bits per heavy atom. The lowest BCUT2D eigenvalue weighted by Crippen LogP contribution is -2.32. The Morgan fingerprint density at radius 2 is 2.05 bits per heavy atom. The largest absolute Gasteiger partial charge is 0.313 e. The van der Waals surface area contributed by atoms with Crippen LogP contribution >= 0.6 is 0 Å². The van der Waals surface area contributed by atoms with Crippen molar-refractivity contribution >= 4 is 0 Å². The molecular formula is C15H19N5. The van der Waals surface area contributed by atoms with Crippen molar-refractivity contribution < 1.29 is 0 Å². The van der Waals surface area contributed by atoms with Crippen molar-refractivity contribution in [2.24, 2.45) is 5.41 Å². The van der Waals surface area contributed by atoms with Crippen LogP contribution in [0.15, 0.2) is 24.8 Å².